The first-order chi connectivity index (χ1) is 16.4. The highest BCUT2D eigenvalue weighted by atomic mass is 32.1. The molecule has 0 amide bonds. The van der Waals surface area contributed by atoms with Crippen molar-refractivity contribution in [3.05, 3.63) is 71.0 Å². The third kappa shape index (κ3) is 4.14. The number of allylic oxidation sites excluding steroid dienone is 1. The van der Waals surface area contributed by atoms with Crippen LogP contribution in [0.15, 0.2) is 50.7 Å². The van der Waals surface area contributed by atoms with Crippen molar-refractivity contribution >= 4 is 34.7 Å². The lowest BCUT2D eigenvalue weighted by Gasteiger charge is -2.23. The van der Waals surface area contributed by atoms with Gasteiger partial charge in [-0.05, 0) is 37.4 Å². The number of esters is 1. The number of rotatable bonds is 7. The molecule has 0 saturated heterocycles. The van der Waals surface area contributed by atoms with E-state index in [0.717, 1.165) is 4.88 Å². The molecule has 0 aliphatic carbocycles. The van der Waals surface area contributed by atoms with Crippen LogP contribution in [0.3, 0.4) is 0 Å². The molecule has 1 aliphatic rings. The van der Waals surface area contributed by atoms with E-state index in [1.807, 2.05) is 17.5 Å². The molecule has 4 rings (SSSR count). The zero-order valence-corrected chi connectivity index (χ0v) is 21.0. The van der Waals surface area contributed by atoms with Gasteiger partial charge in [-0.1, -0.05) is 17.4 Å². The van der Waals surface area contributed by atoms with Crippen molar-refractivity contribution in [2.45, 2.75) is 19.9 Å². The molecule has 8 nitrogen and oxygen atoms in total. The second kappa shape index (κ2) is 9.86. The molecule has 1 atom stereocenters. The Morgan fingerprint density at radius 1 is 1.15 bits per heavy atom. The van der Waals surface area contributed by atoms with Crippen LogP contribution in [0.2, 0.25) is 0 Å². The lowest BCUT2D eigenvalue weighted by molar-refractivity contribution is -0.139. The Balaban J connectivity index is 1.94. The first-order valence-electron chi connectivity index (χ1n) is 10.5. The van der Waals surface area contributed by atoms with Crippen LogP contribution in [-0.4, -0.2) is 38.5 Å². The van der Waals surface area contributed by atoms with Gasteiger partial charge in [0.15, 0.2) is 16.3 Å². The van der Waals surface area contributed by atoms with E-state index in [9.17, 15) is 9.59 Å². The summed E-state index contributed by atoms with van der Waals surface area (Å²) >= 11 is 2.72. The number of benzene rings is 1. The lowest BCUT2D eigenvalue weighted by Crippen LogP contribution is -2.39. The summed E-state index contributed by atoms with van der Waals surface area (Å²) in [7, 11) is 4.64. The second-order valence-corrected chi connectivity index (χ2v) is 9.26. The fourth-order valence-electron chi connectivity index (χ4n) is 3.81. The van der Waals surface area contributed by atoms with Gasteiger partial charge in [-0.2, -0.15) is 0 Å². The van der Waals surface area contributed by atoms with Crippen molar-refractivity contribution in [2.75, 3.05) is 27.9 Å². The van der Waals surface area contributed by atoms with Gasteiger partial charge in [0.25, 0.3) is 5.56 Å². The van der Waals surface area contributed by atoms with Crippen molar-refractivity contribution in [3.8, 4) is 17.2 Å². The van der Waals surface area contributed by atoms with Crippen LogP contribution in [0, 0.1) is 0 Å². The van der Waals surface area contributed by atoms with E-state index in [1.54, 1.807) is 58.0 Å². The smallest absolute Gasteiger partial charge is 0.338 e. The predicted octanol–water partition coefficient (Wildman–Crippen LogP) is 2.89. The van der Waals surface area contributed by atoms with E-state index < -0.39 is 12.0 Å². The number of fused-ring (bicyclic) bond motifs is 1. The van der Waals surface area contributed by atoms with Gasteiger partial charge in [0.1, 0.15) is 11.8 Å². The molecule has 178 valence electrons. The average molecular weight is 501 g/mol. The van der Waals surface area contributed by atoms with Crippen molar-refractivity contribution in [3.63, 3.8) is 0 Å². The molecule has 0 fully saturated rings. The number of thiophene rings is 1. The van der Waals surface area contributed by atoms with E-state index in [1.165, 1.54) is 22.7 Å². The molecule has 0 bridgehead atoms. The Labute approximate surface area is 204 Å². The van der Waals surface area contributed by atoms with Crippen LogP contribution in [0.25, 0.3) is 6.08 Å². The molecule has 1 aliphatic heterocycles. The largest absolute Gasteiger partial charge is 0.496 e. The van der Waals surface area contributed by atoms with Crippen molar-refractivity contribution in [2.24, 2.45) is 4.99 Å². The van der Waals surface area contributed by atoms with Gasteiger partial charge in [-0.15, -0.1) is 11.3 Å². The summed E-state index contributed by atoms with van der Waals surface area (Å²) in [4.78, 5) is 32.5. The van der Waals surface area contributed by atoms with Gasteiger partial charge in [-0.3, -0.25) is 9.36 Å². The number of carbonyl (C=O) groups excluding carboxylic acids is 1. The summed E-state index contributed by atoms with van der Waals surface area (Å²) in [5, 5.41) is 1.91. The van der Waals surface area contributed by atoms with E-state index in [2.05, 4.69) is 4.99 Å². The summed E-state index contributed by atoms with van der Waals surface area (Å²) in [6, 6.07) is 6.65. The zero-order chi connectivity index (χ0) is 24.4. The van der Waals surface area contributed by atoms with Crippen molar-refractivity contribution in [1.29, 1.82) is 0 Å². The summed E-state index contributed by atoms with van der Waals surface area (Å²) in [5.41, 5.74) is 1.30. The van der Waals surface area contributed by atoms with Crippen LogP contribution in [0.5, 0.6) is 17.2 Å². The third-order valence-corrected chi connectivity index (χ3v) is 7.26. The van der Waals surface area contributed by atoms with E-state index in [0.29, 0.717) is 43.4 Å². The average Bonchev–Trinajstić information content (AvgIpc) is 3.46. The predicted molar refractivity (Wildman–Crippen MR) is 131 cm³/mol. The standard InChI is InChI=1S/C24H24N2O6S2/c1-6-32-23(28)20-13(2)25-24-26(21(20)18-8-7-9-33-18)22(27)19(34-24)11-14-10-16(30-4)17(31-5)12-15(14)29-3/h7-12,21H,6H2,1-5H3/b19-11-/t21-/m0/s1. The fourth-order valence-corrected chi connectivity index (χ4v) is 5.68. The van der Waals surface area contributed by atoms with E-state index in [-0.39, 0.29) is 12.2 Å². The van der Waals surface area contributed by atoms with Crippen LogP contribution in [0.4, 0.5) is 0 Å². The first-order valence-corrected chi connectivity index (χ1v) is 12.2. The van der Waals surface area contributed by atoms with Crippen molar-refractivity contribution in [1.82, 2.24) is 4.57 Å². The van der Waals surface area contributed by atoms with Gasteiger partial charge in [-0.25, -0.2) is 9.79 Å². The van der Waals surface area contributed by atoms with Gasteiger partial charge in [0, 0.05) is 16.5 Å². The van der Waals surface area contributed by atoms with E-state index in [4.69, 9.17) is 18.9 Å². The SMILES string of the molecule is CCOC(=O)C1=C(C)N=c2s/c(=C\c3cc(OC)c(OC)cc3OC)c(=O)n2[C@H]1c1cccs1. The van der Waals surface area contributed by atoms with Crippen LogP contribution in [-0.2, 0) is 9.53 Å². The topological polar surface area (TPSA) is 88.4 Å². The van der Waals surface area contributed by atoms with Gasteiger partial charge in [0.05, 0.1) is 43.7 Å². The maximum Gasteiger partial charge on any atom is 0.338 e. The van der Waals surface area contributed by atoms with Crippen LogP contribution in [0.1, 0.15) is 30.3 Å². The minimum atomic E-state index is -0.607. The number of aromatic nitrogens is 1. The number of hydrogen-bond donors (Lipinski definition) is 0. The molecule has 34 heavy (non-hydrogen) atoms. The first kappa shape index (κ1) is 23.8. The molecule has 0 saturated carbocycles. The van der Waals surface area contributed by atoms with Crippen molar-refractivity contribution < 1.29 is 23.7 Å². The maximum absolute atomic E-state index is 13.6. The third-order valence-electron chi connectivity index (χ3n) is 5.35. The number of thiazole rings is 1. The Morgan fingerprint density at radius 2 is 1.85 bits per heavy atom. The molecule has 0 spiro atoms. The highest BCUT2D eigenvalue weighted by molar-refractivity contribution is 7.10. The number of nitrogens with zero attached hydrogens (tertiary/aromatic N) is 2. The second-order valence-electron chi connectivity index (χ2n) is 7.27. The molecule has 1 aromatic carbocycles. The summed E-state index contributed by atoms with van der Waals surface area (Å²) in [6.07, 6.45) is 1.74. The Kier molecular flexibility index (Phi) is 6.90. The normalized spacial score (nSPS) is 15.6. The molecule has 3 aromatic rings. The molecular formula is C24H24N2O6S2. The number of carbonyl (C=O) groups is 1. The quantitative estimate of drug-likeness (QED) is 0.464. The minimum Gasteiger partial charge on any atom is -0.496 e. The molecule has 10 heteroatoms. The molecule has 0 radical (unpaired) electrons. The number of hydrogen-bond acceptors (Lipinski definition) is 9. The summed E-state index contributed by atoms with van der Waals surface area (Å²) in [6.45, 7) is 3.75. The lowest BCUT2D eigenvalue weighted by atomic mass is 10.0. The van der Waals surface area contributed by atoms with E-state index >= 15 is 0 Å². The zero-order valence-electron chi connectivity index (χ0n) is 19.4. The number of methoxy groups -OCH3 is 3. The highest BCUT2D eigenvalue weighted by Crippen LogP contribution is 2.35. The van der Waals surface area contributed by atoms with Crippen LogP contribution >= 0.6 is 22.7 Å². The van der Waals surface area contributed by atoms with Gasteiger partial charge >= 0.3 is 5.97 Å². The molecule has 2 aromatic heterocycles. The van der Waals surface area contributed by atoms with Crippen LogP contribution < -0.4 is 29.1 Å². The molecule has 0 unspecified atom stereocenters. The summed E-state index contributed by atoms with van der Waals surface area (Å²) in [5.74, 6) is 1.09. The van der Waals surface area contributed by atoms with Gasteiger partial charge < -0.3 is 18.9 Å². The van der Waals surface area contributed by atoms with Gasteiger partial charge in [0.2, 0.25) is 0 Å². The molecule has 0 N–H and O–H groups in total. The Bertz CT molecular complexity index is 1430. The Morgan fingerprint density at radius 3 is 2.47 bits per heavy atom. The fraction of sp³-hybridized carbons (Fsp3) is 0.292. The monoisotopic (exact) mass is 500 g/mol. The number of ether oxygens (including phenoxy) is 4. The maximum atomic E-state index is 13.6. The molecule has 3 heterocycles. The summed E-state index contributed by atoms with van der Waals surface area (Å²) < 4.78 is 23.6. The highest BCUT2D eigenvalue weighted by Gasteiger charge is 2.33. The Hall–Kier alpha value is -3.37. The minimum absolute atomic E-state index is 0.232. The molecular weight excluding hydrogens is 476 g/mol.